The van der Waals surface area contributed by atoms with Gasteiger partial charge in [0.2, 0.25) is 0 Å². The summed E-state index contributed by atoms with van der Waals surface area (Å²) in [6, 6.07) is 10.5. The van der Waals surface area contributed by atoms with E-state index in [-0.39, 0.29) is 17.6 Å². The first-order valence-corrected chi connectivity index (χ1v) is 7.63. The molecule has 3 aromatic rings. The number of benzene rings is 2. The van der Waals surface area contributed by atoms with Crippen LogP contribution in [0, 0.1) is 0 Å². The molecule has 0 aliphatic heterocycles. The van der Waals surface area contributed by atoms with Crippen LogP contribution in [0.5, 0.6) is 0 Å². The highest BCUT2D eigenvalue weighted by Crippen LogP contribution is 2.29. The van der Waals surface area contributed by atoms with Gasteiger partial charge in [-0.25, -0.2) is 4.79 Å². The van der Waals surface area contributed by atoms with Gasteiger partial charge in [0, 0.05) is 19.8 Å². The lowest BCUT2D eigenvalue weighted by atomic mass is 10.1. The van der Waals surface area contributed by atoms with E-state index in [0.717, 1.165) is 4.70 Å². The van der Waals surface area contributed by atoms with Gasteiger partial charge in [-0.2, -0.15) is 0 Å². The first-order valence-electron chi connectivity index (χ1n) is 6.44. The minimum absolute atomic E-state index is 0.168. The third-order valence-electron chi connectivity index (χ3n) is 3.14. The highest BCUT2D eigenvalue weighted by molar-refractivity contribution is 7.24. The molecule has 3 nitrogen and oxygen atoms in total. The Hall–Kier alpha value is -1.91. The zero-order chi connectivity index (χ0) is 15.0. The van der Waals surface area contributed by atoms with Crippen molar-refractivity contribution in [3.05, 3.63) is 57.2 Å². The lowest BCUT2D eigenvalue weighted by Gasteiger charge is -2.07. The van der Waals surface area contributed by atoms with Crippen LogP contribution in [0.4, 0.5) is 0 Å². The van der Waals surface area contributed by atoms with Crippen molar-refractivity contribution >= 4 is 49.1 Å². The molecule has 1 heterocycles. The molecule has 106 valence electrons. The Labute approximate surface area is 129 Å². The van der Waals surface area contributed by atoms with Crippen molar-refractivity contribution in [3.8, 4) is 0 Å². The summed E-state index contributed by atoms with van der Waals surface area (Å²) < 4.78 is 6.58. The maximum atomic E-state index is 12.7. The minimum atomic E-state index is -0.524. The molecule has 0 atom stereocenters. The highest BCUT2D eigenvalue weighted by atomic mass is 35.5. The Balaban J connectivity index is 2.45. The fourth-order valence-electron chi connectivity index (χ4n) is 2.26. The van der Waals surface area contributed by atoms with E-state index < -0.39 is 5.97 Å². The molecule has 0 radical (unpaired) electrons. The number of hydrogen-bond donors (Lipinski definition) is 0. The maximum absolute atomic E-state index is 12.7. The maximum Gasteiger partial charge on any atom is 0.338 e. The van der Waals surface area contributed by atoms with Crippen molar-refractivity contribution in [2.24, 2.45) is 0 Å². The number of carbonyl (C=O) groups excluding carboxylic acids is 1. The number of hydrogen-bond acceptors (Lipinski definition) is 4. The summed E-state index contributed by atoms with van der Waals surface area (Å²) >= 11 is 7.51. The van der Waals surface area contributed by atoms with Gasteiger partial charge in [-0.15, -0.1) is 11.3 Å². The van der Waals surface area contributed by atoms with Gasteiger partial charge in [-0.05, 0) is 31.2 Å². The summed E-state index contributed by atoms with van der Waals surface area (Å²) in [5, 5.41) is 1.39. The second kappa shape index (κ2) is 5.47. The van der Waals surface area contributed by atoms with Crippen LogP contribution in [0.15, 0.2) is 41.2 Å². The van der Waals surface area contributed by atoms with Crippen LogP contribution in [0.25, 0.3) is 20.2 Å². The van der Waals surface area contributed by atoms with Gasteiger partial charge >= 0.3 is 5.97 Å². The fraction of sp³-hybridized carbons (Fsp3) is 0.125. The zero-order valence-corrected chi connectivity index (χ0v) is 12.8. The summed E-state index contributed by atoms with van der Waals surface area (Å²) in [5.74, 6) is -0.524. The van der Waals surface area contributed by atoms with E-state index in [0.29, 0.717) is 20.5 Å². The monoisotopic (exact) mass is 318 g/mol. The van der Waals surface area contributed by atoms with Gasteiger partial charge < -0.3 is 4.74 Å². The minimum Gasteiger partial charge on any atom is -0.462 e. The molecule has 0 bridgehead atoms. The van der Waals surface area contributed by atoms with Crippen LogP contribution in [-0.4, -0.2) is 12.6 Å². The first kappa shape index (κ1) is 14.0. The number of ether oxygens (including phenoxy) is 1. The second-order valence-electron chi connectivity index (χ2n) is 4.47. The predicted octanol–water partition coefficient (Wildman–Crippen LogP) is 4.24. The first-order chi connectivity index (χ1) is 10.1. The molecule has 0 unspecified atom stereocenters. The van der Waals surface area contributed by atoms with E-state index in [1.54, 1.807) is 19.1 Å². The zero-order valence-electron chi connectivity index (χ0n) is 11.2. The summed E-state index contributed by atoms with van der Waals surface area (Å²) in [4.78, 5) is 24.8. The van der Waals surface area contributed by atoms with Crippen molar-refractivity contribution in [2.45, 2.75) is 6.92 Å². The van der Waals surface area contributed by atoms with Crippen LogP contribution >= 0.6 is 22.9 Å². The molecule has 0 aliphatic carbocycles. The Morgan fingerprint density at radius 2 is 2.00 bits per heavy atom. The molecule has 3 rings (SSSR count). The molecule has 21 heavy (non-hydrogen) atoms. The van der Waals surface area contributed by atoms with Crippen LogP contribution in [0.3, 0.4) is 0 Å². The SMILES string of the molecule is CCOC(=O)c1cc(Cl)cc2sc3ccccc3c(=O)c12. The normalized spacial score (nSPS) is 11.0. The van der Waals surface area contributed by atoms with E-state index in [2.05, 4.69) is 0 Å². The highest BCUT2D eigenvalue weighted by Gasteiger charge is 2.17. The van der Waals surface area contributed by atoms with Gasteiger partial charge in [-0.1, -0.05) is 23.7 Å². The van der Waals surface area contributed by atoms with Crippen molar-refractivity contribution in [1.82, 2.24) is 0 Å². The van der Waals surface area contributed by atoms with Crippen molar-refractivity contribution in [1.29, 1.82) is 0 Å². The number of esters is 1. The van der Waals surface area contributed by atoms with Crippen LogP contribution in [-0.2, 0) is 4.74 Å². The molecule has 0 N–H and O–H groups in total. The summed E-state index contributed by atoms with van der Waals surface area (Å²) in [6.45, 7) is 1.97. The summed E-state index contributed by atoms with van der Waals surface area (Å²) in [7, 11) is 0. The molecular weight excluding hydrogens is 308 g/mol. The fourth-order valence-corrected chi connectivity index (χ4v) is 3.69. The van der Waals surface area contributed by atoms with Gasteiger partial charge in [0.25, 0.3) is 0 Å². The van der Waals surface area contributed by atoms with E-state index in [9.17, 15) is 9.59 Å². The average Bonchev–Trinajstić information content (AvgIpc) is 2.46. The predicted molar refractivity (Wildman–Crippen MR) is 86.6 cm³/mol. The Kier molecular flexibility index (Phi) is 3.66. The lowest BCUT2D eigenvalue weighted by Crippen LogP contribution is -2.11. The largest absolute Gasteiger partial charge is 0.462 e. The van der Waals surface area contributed by atoms with Gasteiger partial charge in [-0.3, -0.25) is 4.79 Å². The van der Waals surface area contributed by atoms with Crippen LogP contribution in [0.1, 0.15) is 17.3 Å². The molecular formula is C16H11ClO3S. The molecule has 0 saturated heterocycles. The molecule has 0 saturated carbocycles. The standard InChI is InChI=1S/C16H11ClO3S/c1-2-20-16(19)11-7-9(17)8-13-14(11)15(18)10-5-3-4-6-12(10)21-13/h3-8H,2H2,1H3. The average molecular weight is 319 g/mol. The van der Waals surface area contributed by atoms with E-state index in [1.807, 2.05) is 18.2 Å². The number of fused-ring (bicyclic) bond motifs is 2. The molecule has 0 aliphatic rings. The topological polar surface area (TPSA) is 43.4 Å². The third-order valence-corrected chi connectivity index (χ3v) is 4.48. The summed E-state index contributed by atoms with van der Waals surface area (Å²) in [6.07, 6.45) is 0. The molecule has 1 aromatic heterocycles. The molecule has 2 aromatic carbocycles. The van der Waals surface area contributed by atoms with E-state index >= 15 is 0 Å². The van der Waals surface area contributed by atoms with Gasteiger partial charge in [0.1, 0.15) is 0 Å². The van der Waals surface area contributed by atoms with Crippen molar-refractivity contribution in [3.63, 3.8) is 0 Å². The lowest BCUT2D eigenvalue weighted by molar-refractivity contribution is 0.0528. The van der Waals surface area contributed by atoms with Crippen molar-refractivity contribution < 1.29 is 9.53 Å². The smallest absolute Gasteiger partial charge is 0.338 e. The number of rotatable bonds is 2. The third kappa shape index (κ3) is 2.41. The number of carbonyl (C=O) groups is 1. The van der Waals surface area contributed by atoms with Gasteiger partial charge in [0.15, 0.2) is 5.43 Å². The summed E-state index contributed by atoms with van der Waals surface area (Å²) in [5.41, 5.74) is 0.0606. The second-order valence-corrected chi connectivity index (χ2v) is 5.99. The molecule has 0 spiro atoms. The Morgan fingerprint density at radius 3 is 2.76 bits per heavy atom. The van der Waals surface area contributed by atoms with E-state index in [4.69, 9.17) is 16.3 Å². The van der Waals surface area contributed by atoms with Gasteiger partial charge in [0.05, 0.1) is 17.6 Å². The van der Waals surface area contributed by atoms with Crippen molar-refractivity contribution in [2.75, 3.05) is 6.61 Å². The molecule has 0 fully saturated rings. The Bertz CT molecular complexity index is 914. The number of halogens is 1. The van der Waals surface area contributed by atoms with Crippen LogP contribution < -0.4 is 5.43 Å². The Morgan fingerprint density at radius 1 is 1.24 bits per heavy atom. The molecule has 5 heteroatoms. The van der Waals surface area contributed by atoms with Crippen LogP contribution in [0.2, 0.25) is 5.02 Å². The quantitative estimate of drug-likeness (QED) is 0.524. The van der Waals surface area contributed by atoms with E-state index in [1.165, 1.54) is 17.4 Å². The molecule has 0 amide bonds.